The van der Waals surface area contributed by atoms with Crippen LogP contribution in [0.3, 0.4) is 0 Å². The minimum Gasteiger partial charge on any atom is -0.872 e. The molecule has 6 nitrogen and oxygen atoms in total. The van der Waals surface area contributed by atoms with E-state index in [1.54, 1.807) is 0 Å². The van der Waals surface area contributed by atoms with Crippen LogP contribution in [0.4, 0.5) is 0 Å². The SMILES string of the molecule is COc1cc([O-])c(C(C)=O)cc1S(=O)(=O)O.[Na+]. The molecule has 1 aromatic rings. The van der Waals surface area contributed by atoms with E-state index in [1.165, 1.54) is 0 Å². The Morgan fingerprint density at radius 3 is 2.29 bits per heavy atom. The summed E-state index contributed by atoms with van der Waals surface area (Å²) in [7, 11) is -3.38. The molecule has 1 N–H and O–H groups in total. The maximum Gasteiger partial charge on any atom is 1.00 e. The monoisotopic (exact) mass is 268 g/mol. The second-order valence-corrected chi connectivity index (χ2v) is 4.42. The van der Waals surface area contributed by atoms with Crippen molar-refractivity contribution in [2.75, 3.05) is 7.11 Å². The second-order valence-electron chi connectivity index (χ2n) is 3.03. The summed E-state index contributed by atoms with van der Waals surface area (Å²) < 4.78 is 35.4. The first-order chi connectivity index (χ1) is 7.27. The molecule has 0 aliphatic rings. The number of hydrogen-bond donors (Lipinski definition) is 1. The van der Waals surface area contributed by atoms with Gasteiger partial charge in [-0.15, -0.1) is 0 Å². The molecule has 0 aromatic heterocycles. The number of carbonyl (C=O) groups is 1. The Bertz CT molecular complexity index is 537. The number of hydrogen-bond acceptors (Lipinski definition) is 5. The number of ether oxygens (including phenoxy) is 1. The van der Waals surface area contributed by atoms with Crippen molar-refractivity contribution in [3.8, 4) is 11.5 Å². The Balaban J connectivity index is 0.00000256. The molecule has 0 bridgehead atoms. The first-order valence-electron chi connectivity index (χ1n) is 4.15. The third kappa shape index (κ3) is 3.68. The van der Waals surface area contributed by atoms with Crippen molar-refractivity contribution < 1.29 is 57.2 Å². The van der Waals surface area contributed by atoms with Crippen LogP contribution in [0.1, 0.15) is 17.3 Å². The van der Waals surface area contributed by atoms with Gasteiger partial charge in [0.05, 0.1) is 7.11 Å². The first kappa shape index (κ1) is 16.4. The molecule has 0 fully saturated rings. The summed E-state index contributed by atoms with van der Waals surface area (Å²) in [5.74, 6) is -1.54. The number of benzene rings is 1. The molecule has 0 saturated carbocycles. The first-order valence-corrected chi connectivity index (χ1v) is 5.59. The standard InChI is InChI=1S/C9H10O6S.Na/c1-5(10)6-3-9(16(12,13)14)8(15-2)4-7(6)11;/h3-4,11H,1-2H3,(H,12,13,14);/q;+1/p-1. The fourth-order valence-corrected chi connectivity index (χ4v) is 1.84. The maximum atomic E-state index is 11.3. The second kappa shape index (κ2) is 5.83. The molecule has 0 saturated heterocycles. The molecular weight excluding hydrogens is 259 g/mol. The molecule has 0 unspecified atom stereocenters. The van der Waals surface area contributed by atoms with Crippen LogP contribution in [0.2, 0.25) is 0 Å². The topological polar surface area (TPSA) is 104 Å². The van der Waals surface area contributed by atoms with Crippen LogP contribution in [0, 0.1) is 0 Å². The van der Waals surface area contributed by atoms with Crippen LogP contribution in [-0.2, 0) is 10.1 Å². The minimum absolute atomic E-state index is 0. The van der Waals surface area contributed by atoms with E-state index in [-0.39, 0.29) is 40.9 Å². The molecule has 8 heteroatoms. The van der Waals surface area contributed by atoms with Gasteiger partial charge in [0.25, 0.3) is 10.1 Å². The van der Waals surface area contributed by atoms with Gasteiger partial charge < -0.3 is 9.84 Å². The zero-order valence-corrected chi connectivity index (χ0v) is 12.4. The van der Waals surface area contributed by atoms with Gasteiger partial charge in [0, 0.05) is 5.56 Å². The third-order valence-electron chi connectivity index (χ3n) is 1.92. The summed E-state index contributed by atoms with van der Waals surface area (Å²) in [6.07, 6.45) is 0. The van der Waals surface area contributed by atoms with Gasteiger partial charge in [-0.1, -0.05) is 5.75 Å². The fourth-order valence-electron chi connectivity index (χ4n) is 1.18. The average molecular weight is 268 g/mol. The van der Waals surface area contributed by atoms with Crippen LogP contribution in [-0.4, -0.2) is 25.9 Å². The Labute approximate surface area is 121 Å². The normalized spacial score (nSPS) is 10.5. The molecule has 1 rings (SSSR count). The van der Waals surface area contributed by atoms with Crippen molar-refractivity contribution in [3.63, 3.8) is 0 Å². The van der Waals surface area contributed by atoms with E-state index in [9.17, 15) is 18.3 Å². The zero-order chi connectivity index (χ0) is 12.5. The van der Waals surface area contributed by atoms with Crippen LogP contribution < -0.4 is 39.4 Å². The summed E-state index contributed by atoms with van der Waals surface area (Å²) in [4.78, 5) is 10.4. The molecule has 1 aromatic carbocycles. The molecule has 0 atom stereocenters. The van der Waals surface area contributed by atoms with Crippen molar-refractivity contribution in [2.24, 2.45) is 0 Å². The van der Waals surface area contributed by atoms with E-state index in [2.05, 4.69) is 4.74 Å². The van der Waals surface area contributed by atoms with Gasteiger partial charge in [-0.25, -0.2) is 0 Å². The smallest absolute Gasteiger partial charge is 0.872 e. The van der Waals surface area contributed by atoms with Crippen molar-refractivity contribution >= 4 is 15.9 Å². The molecule has 0 aliphatic heterocycles. The van der Waals surface area contributed by atoms with E-state index in [4.69, 9.17) is 4.55 Å². The Morgan fingerprint density at radius 2 is 1.94 bits per heavy atom. The van der Waals surface area contributed by atoms with Gasteiger partial charge >= 0.3 is 29.6 Å². The number of methoxy groups -OCH3 is 1. The van der Waals surface area contributed by atoms with E-state index in [1.807, 2.05) is 0 Å². The zero-order valence-electron chi connectivity index (χ0n) is 9.55. The molecule has 0 radical (unpaired) electrons. The summed E-state index contributed by atoms with van der Waals surface area (Å²) in [5, 5.41) is 11.3. The Kier molecular flexibility index (Phi) is 5.63. The molecule has 88 valence electrons. The van der Waals surface area contributed by atoms with Gasteiger partial charge in [-0.3, -0.25) is 9.35 Å². The van der Waals surface area contributed by atoms with Crippen molar-refractivity contribution in [1.82, 2.24) is 0 Å². The van der Waals surface area contributed by atoms with Crippen molar-refractivity contribution in [3.05, 3.63) is 17.7 Å². The van der Waals surface area contributed by atoms with E-state index >= 15 is 0 Å². The van der Waals surface area contributed by atoms with Crippen molar-refractivity contribution in [2.45, 2.75) is 11.8 Å². The van der Waals surface area contributed by atoms with Crippen LogP contribution >= 0.6 is 0 Å². The van der Waals surface area contributed by atoms with E-state index in [0.717, 1.165) is 26.2 Å². The number of ketones is 1. The molecule has 0 spiro atoms. The predicted molar refractivity (Wildman–Crippen MR) is 52.3 cm³/mol. The van der Waals surface area contributed by atoms with Gasteiger partial charge in [0.1, 0.15) is 10.6 Å². The van der Waals surface area contributed by atoms with Gasteiger partial charge in [-0.05, 0) is 19.1 Å². The van der Waals surface area contributed by atoms with Gasteiger partial charge in [0.15, 0.2) is 5.78 Å². The summed E-state index contributed by atoms with van der Waals surface area (Å²) in [6, 6.07) is 1.65. The average Bonchev–Trinajstić information content (AvgIpc) is 2.14. The third-order valence-corrected chi connectivity index (χ3v) is 2.80. The molecule has 17 heavy (non-hydrogen) atoms. The van der Waals surface area contributed by atoms with Crippen molar-refractivity contribution in [1.29, 1.82) is 0 Å². The quantitative estimate of drug-likeness (QED) is 0.361. The maximum absolute atomic E-state index is 11.3. The fraction of sp³-hybridized carbons (Fsp3) is 0.222. The molecule has 0 amide bonds. The summed E-state index contributed by atoms with van der Waals surface area (Å²) in [5.41, 5.74) is -0.312. The summed E-state index contributed by atoms with van der Waals surface area (Å²) >= 11 is 0. The van der Waals surface area contributed by atoms with E-state index in [0.29, 0.717) is 0 Å². The molecular formula is C9H9NaO6S. The predicted octanol–water partition coefficient (Wildman–Crippen LogP) is -2.78. The van der Waals surface area contributed by atoms with Gasteiger partial charge in [0.2, 0.25) is 0 Å². The molecule has 0 aliphatic carbocycles. The largest absolute Gasteiger partial charge is 1.00 e. The Hall–Kier alpha value is -0.600. The van der Waals surface area contributed by atoms with E-state index < -0.39 is 26.5 Å². The van der Waals surface area contributed by atoms with Crippen LogP contribution in [0.25, 0.3) is 0 Å². The van der Waals surface area contributed by atoms with Gasteiger partial charge in [-0.2, -0.15) is 8.42 Å². The van der Waals surface area contributed by atoms with Crippen LogP contribution in [0.15, 0.2) is 17.0 Å². The summed E-state index contributed by atoms with van der Waals surface area (Å²) in [6.45, 7) is 1.12. The van der Waals surface area contributed by atoms with Crippen LogP contribution in [0.5, 0.6) is 11.5 Å². The number of rotatable bonds is 3. The molecule has 0 heterocycles. The number of carbonyl (C=O) groups excluding carboxylic acids is 1. The Morgan fingerprint density at radius 1 is 1.41 bits per heavy atom. The minimum atomic E-state index is -4.53. The number of Topliss-reactive ketones (excluding diaryl/α,β-unsaturated/α-hetero) is 1.